The van der Waals surface area contributed by atoms with Crippen LogP contribution in [0.25, 0.3) is 11.4 Å². The van der Waals surface area contributed by atoms with Crippen molar-refractivity contribution >= 4 is 11.8 Å². The van der Waals surface area contributed by atoms with Gasteiger partial charge in [0, 0.05) is 75.7 Å². The number of aryl methyl sites for hydroxylation is 2. The minimum Gasteiger partial charge on any atom is -0.459 e. The molecule has 0 radical (unpaired) electrons. The number of ketones is 1. The number of methoxy groups -OCH3 is 2. The Labute approximate surface area is 417 Å². The predicted octanol–water partition coefficient (Wildman–Crippen LogP) is 3.07. The molecule has 3 fully saturated rings. The van der Waals surface area contributed by atoms with Crippen molar-refractivity contribution in [2.45, 2.75) is 199 Å². The Morgan fingerprint density at radius 3 is 2.21 bits per heavy atom. The number of tetrazole rings is 1. The molecule has 71 heavy (non-hydrogen) atoms. The maximum Gasteiger partial charge on any atom is 0.311 e. The number of aromatic amines is 1. The van der Waals surface area contributed by atoms with E-state index in [2.05, 4.69) is 35.8 Å². The number of aromatic nitrogens is 7. The van der Waals surface area contributed by atoms with Crippen LogP contribution in [0.1, 0.15) is 106 Å². The molecule has 21 nitrogen and oxygen atoms in total. The molecule has 2 aromatic heterocycles. The second-order valence-electron chi connectivity index (χ2n) is 21.1. The fourth-order valence-electron chi connectivity index (χ4n) is 10.9. The number of ether oxygens (including phenoxy) is 7. The Bertz CT molecular complexity index is 2170. The molecule has 5 N–H and O–H groups in total. The molecule has 0 unspecified atom stereocenters. The monoisotopic (exact) mass is 1000 g/mol. The zero-order chi connectivity index (χ0) is 52.2. The number of esters is 1. The van der Waals surface area contributed by atoms with E-state index in [1.54, 1.807) is 48.5 Å². The number of hydrogen-bond donors (Lipinski definition) is 5. The summed E-state index contributed by atoms with van der Waals surface area (Å²) in [4.78, 5) is 30.8. The van der Waals surface area contributed by atoms with Gasteiger partial charge in [-0.3, -0.25) is 14.3 Å². The van der Waals surface area contributed by atoms with Crippen LogP contribution in [0.3, 0.4) is 0 Å². The Hall–Kier alpha value is -3.87. The average molecular weight is 1000 g/mol. The number of nitrogens with zero attached hydrogens (tertiary/aromatic N) is 7. The van der Waals surface area contributed by atoms with Crippen LogP contribution in [0, 0.1) is 23.7 Å². The summed E-state index contributed by atoms with van der Waals surface area (Å²) in [5, 5.41) is 69.6. The van der Waals surface area contributed by atoms with Crippen LogP contribution in [0.4, 0.5) is 0 Å². The lowest BCUT2D eigenvalue weighted by Gasteiger charge is -2.50. The normalized spacial score (nSPS) is 39.0. The Balaban J connectivity index is 1.25. The largest absolute Gasteiger partial charge is 0.459 e. The van der Waals surface area contributed by atoms with Gasteiger partial charge in [0.15, 0.2) is 18.4 Å². The van der Waals surface area contributed by atoms with Crippen molar-refractivity contribution in [3.05, 3.63) is 41.7 Å². The van der Waals surface area contributed by atoms with Gasteiger partial charge in [-0.15, -0.1) is 10.2 Å². The van der Waals surface area contributed by atoms with Crippen LogP contribution in [0.15, 0.2) is 30.5 Å². The van der Waals surface area contributed by atoms with E-state index in [1.165, 1.54) is 21.1 Å². The van der Waals surface area contributed by atoms with E-state index in [0.29, 0.717) is 31.8 Å². The molecule has 3 aliphatic heterocycles. The van der Waals surface area contributed by atoms with E-state index < -0.39 is 108 Å². The van der Waals surface area contributed by atoms with Crippen LogP contribution in [-0.2, 0) is 62.1 Å². The molecule has 5 heterocycles. The van der Waals surface area contributed by atoms with Gasteiger partial charge in [0.25, 0.3) is 0 Å². The number of benzene rings is 1. The Morgan fingerprint density at radius 2 is 1.58 bits per heavy atom. The number of nitrogens with one attached hydrogen (secondary N) is 1. The summed E-state index contributed by atoms with van der Waals surface area (Å²) in [6.07, 6.45) is -6.29. The average Bonchev–Trinajstić information content (AvgIpc) is 4.07. The van der Waals surface area contributed by atoms with Crippen LogP contribution in [-0.4, -0.2) is 185 Å². The number of carbonyl (C=O) groups excluding carboxylic acids is 2. The summed E-state index contributed by atoms with van der Waals surface area (Å²) in [6.45, 7) is 18.2. The van der Waals surface area contributed by atoms with E-state index in [-0.39, 0.29) is 31.1 Å². The van der Waals surface area contributed by atoms with Gasteiger partial charge >= 0.3 is 5.97 Å². The van der Waals surface area contributed by atoms with Gasteiger partial charge in [0.05, 0.1) is 53.3 Å². The van der Waals surface area contributed by atoms with Crippen molar-refractivity contribution < 1.29 is 63.2 Å². The number of likely N-dealkylation sites (N-methyl/N-ethyl adjacent to an activating group) is 1. The van der Waals surface area contributed by atoms with Crippen LogP contribution in [0.5, 0.6) is 0 Å². The van der Waals surface area contributed by atoms with E-state index in [9.17, 15) is 30.0 Å². The number of carbonyl (C=O) groups is 2. The van der Waals surface area contributed by atoms with E-state index >= 15 is 0 Å². The fraction of sp³-hybridized carbons (Fsp3) is 0.780. The van der Waals surface area contributed by atoms with Crippen molar-refractivity contribution in [3.8, 4) is 11.4 Å². The molecule has 0 aliphatic carbocycles. The minimum absolute atomic E-state index is 0.0699. The highest BCUT2D eigenvalue weighted by Crippen LogP contribution is 2.42. The first-order valence-electron chi connectivity index (χ1n) is 25.1. The molecule has 18 atom stereocenters. The number of rotatable bonds is 15. The second kappa shape index (κ2) is 23.6. The van der Waals surface area contributed by atoms with Gasteiger partial charge in [-0.05, 0) is 90.3 Å². The van der Waals surface area contributed by atoms with Gasteiger partial charge < -0.3 is 58.5 Å². The van der Waals surface area contributed by atoms with Crippen molar-refractivity contribution in [1.29, 1.82) is 0 Å². The summed E-state index contributed by atoms with van der Waals surface area (Å²) in [5.74, 6) is -4.11. The molecule has 3 saturated heterocycles. The summed E-state index contributed by atoms with van der Waals surface area (Å²) < 4.78 is 46.6. The molecule has 398 valence electrons. The van der Waals surface area contributed by atoms with Gasteiger partial charge in [-0.2, -0.15) is 0 Å². The number of hydrogen-bond acceptors (Lipinski definition) is 19. The van der Waals surface area contributed by atoms with Gasteiger partial charge in [0.2, 0.25) is 0 Å². The van der Waals surface area contributed by atoms with Gasteiger partial charge in [-0.25, -0.2) is 5.10 Å². The lowest BCUT2D eigenvalue weighted by atomic mass is 9.74. The quantitative estimate of drug-likeness (QED) is 0.137. The topological polar surface area (TPSA) is 268 Å². The molecular formula is C50H80N8O13. The fourth-order valence-corrected chi connectivity index (χ4v) is 10.9. The third-order valence-corrected chi connectivity index (χ3v) is 15.7. The number of cyclic esters (lactones) is 1. The predicted molar refractivity (Wildman–Crippen MR) is 257 cm³/mol. The standard InChI is InChI=1S/C50H80N8O13/c1-14-37-50(10,64)42(61)29(4)39(59)27(2)24-49(9,66-13)44(30(5)41(31(6)46(63)69-37)70-38-25-48(8,65-12)43(62)32(7)68-38)71-47-40(60)36(23-28(3)67-47)57(11)21-20-35-26-58(56-51-35)22-19-33-15-17-34(18-16-33)45-52-54-55-53-45/h15-18,26-32,36-38,40-44,47,60-62,64H,14,19-25H2,1-13H3,(H,52,53,54,55)/t27-,28-,29+,30+,31-,32+,36+,37-,38+,40-,41+,42-,43+,44-,47+,48-,49-,50-/m1/s1. The zero-order valence-electron chi connectivity index (χ0n) is 43.8. The molecule has 21 heteroatoms. The van der Waals surface area contributed by atoms with Crippen molar-refractivity contribution in [2.75, 3.05) is 27.8 Å². The van der Waals surface area contributed by atoms with Crippen molar-refractivity contribution in [3.63, 3.8) is 0 Å². The molecule has 1 aromatic carbocycles. The molecule has 0 amide bonds. The van der Waals surface area contributed by atoms with Gasteiger partial charge in [-0.1, -0.05) is 57.2 Å². The Kier molecular flexibility index (Phi) is 18.7. The molecule has 0 bridgehead atoms. The molecule has 6 rings (SSSR count). The molecule has 3 aromatic rings. The number of aliphatic hydroxyl groups excluding tert-OH is 3. The first kappa shape index (κ1) is 56.4. The lowest BCUT2D eigenvalue weighted by Crippen LogP contribution is -2.61. The summed E-state index contributed by atoms with van der Waals surface area (Å²) in [5.41, 5.74) is -1.57. The highest BCUT2D eigenvalue weighted by Gasteiger charge is 2.54. The minimum atomic E-state index is -2.00. The second-order valence-corrected chi connectivity index (χ2v) is 21.1. The molecule has 3 aliphatic rings. The lowest BCUT2D eigenvalue weighted by molar-refractivity contribution is -0.319. The van der Waals surface area contributed by atoms with E-state index in [1.807, 2.05) is 56.0 Å². The van der Waals surface area contributed by atoms with Crippen LogP contribution < -0.4 is 0 Å². The smallest absolute Gasteiger partial charge is 0.311 e. The third kappa shape index (κ3) is 12.7. The summed E-state index contributed by atoms with van der Waals surface area (Å²) >= 11 is 0. The highest BCUT2D eigenvalue weighted by molar-refractivity contribution is 5.83. The van der Waals surface area contributed by atoms with Crippen molar-refractivity contribution in [1.82, 2.24) is 40.5 Å². The molecule has 0 spiro atoms. The van der Waals surface area contributed by atoms with Crippen molar-refractivity contribution in [2.24, 2.45) is 23.7 Å². The zero-order valence-corrected chi connectivity index (χ0v) is 43.8. The molecular weight excluding hydrogens is 921 g/mol. The maximum absolute atomic E-state index is 14.5. The summed E-state index contributed by atoms with van der Waals surface area (Å²) in [6, 6.07) is 7.58. The van der Waals surface area contributed by atoms with E-state index in [0.717, 1.165) is 23.2 Å². The molecule has 0 saturated carbocycles. The highest BCUT2D eigenvalue weighted by atomic mass is 16.7. The maximum atomic E-state index is 14.5. The first-order chi connectivity index (χ1) is 33.5. The number of H-pyrrole nitrogens is 1. The number of aliphatic hydroxyl groups is 4. The van der Waals surface area contributed by atoms with E-state index in [4.69, 9.17) is 33.2 Å². The number of Topliss-reactive ketones (excluding diaryl/α,β-unsaturated/α-hetero) is 1. The van der Waals surface area contributed by atoms with Gasteiger partial charge in [0.1, 0.15) is 29.7 Å². The van der Waals surface area contributed by atoms with Crippen LogP contribution in [0.2, 0.25) is 0 Å². The summed E-state index contributed by atoms with van der Waals surface area (Å²) in [7, 11) is 4.95. The first-order valence-corrected chi connectivity index (χ1v) is 25.1. The third-order valence-electron chi connectivity index (χ3n) is 15.7. The van der Waals surface area contributed by atoms with Crippen LogP contribution >= 0.6 is 0 Å². The Morgan fingerprint density at radius 1 is 0.887 bits per heavy atom. The SMILES string of the molecule is CC[C@H]1OC(=O)[C@H](C)[C@@H](O[C@H]2C[C@@](C)(OC)[C@@H](O)[C@H](C)O2)[C@H](C)[C@@H](O[C@@H]2O[C@H](C)C[C@H](N(C)CCc3cn(CCc4ccc(-c5nnn[nH]5)cc4)nn3)[C@H]2O)[C@](C)(OC)C[C@@H](C)C(=O)[C@H](C)[C@@H](O)[C@]1(C)O.